The molecule has 1 aromatic carbocycles. The average Bonchev–Trinajstić information content (AvgIpc) is 3.01. The molecule has 2 aromatic rings. The first-order valence-corrected chi connectivity index (χ1v) is 8.66. The van der Waals surface area contributed by atoms with Crippen molar-refractivity contribution in [2.75, 3.05) is 5.32 Å². The van der Waals surface area contributed by atoms with Crippen LogP contribution in [0.4, 0.5) is 5.69 Å². The lowest BCUT2D eigenvalue weighted by Crippen LogP contribution is -2.09. The molecule has 1 N–H and O–H groups in total. The molecule has 0 spiro atoms. The van der Waals surface area contributed by atoms with Gasteiger partial charge in [-0.2, -0.15) is 5.26 Å². The molecule has 0 saturated heterocycles. The minimum atomic E-state index is -0.273. The van der Waals surface area contributed by atoms with E-state index >= 15 is 0 Å². The Morgan fingerprint density at radius 3 is 3.00 bits per heavy atom. The lowest BCUT2D eigenvalue weighted by Gasteiger charge is -2.07. The highest BCUT2D eigenvalue weighted by Crippen LogP contribution is 2.38. The van der Waals surface area contributed by atoms with Crippen molar-refractivity contribution in [1.82, 2.24) is 14.8 Å². The summed E-state index contributed by atoms with van der Waals surface area (Å²) in [5, 5.41) is 21.0. The number of aromatic nitrogens is 3. The van der Waals surface area contributed by atoms with Crippen molar-refractivity contribution in [3.05, 3.63) is 39.9 Å². The SMILES string of the molecule is N#CC(=C1C(=O)Nc2ccc(Br)cc21)c1nnc2n1CCCCC2. The summed E-state index contributed by atoms with van der Waals surface area (Å²) in [7, 11) is 0. The van der Waals surface area contributed by atoms with Crippen LogP contribution in [0, 0.1) is 11.3 Å². The van der Waals surface area contributed by atoms with E-state index in [2.05, 4.69) is 37.5 Å². The molecule has 0 aliphatic carbocycles. The third-order valence-electron chi connectivity index (χ3n) is 4.42. The molecular formula is C17H14BrN5O. The summed E-state index contributed by atoms with van der Waals surface area (Å²) >= 11 is 3.42. The van der Waals surface area contributed by atoms with Gasteiger partial charge < -0.3 is 9.88 Å². The van der Waals surface area contributed by atoms with Gasteiger partial charge in [-0.05, 0) is 31.0 Å². The maximum atomic E-state index is 12.5. The number of aryl methyl sites for hydroxylation is 1. The van der Waals surface area contributed by atoms with Gasteiger partial charge in [0.05, 0.1) is 5.57 Å². The van der Waals surface area contributed by atoms with Crippen LogP contribution < -0.4 is 5.32 Å². The second kappa shape index (κ2) is 5.87. The summed E-state index contributed by atoms with van der Waals surface area (Å²) in [6.07, 6.45) is 4.10. The fraction of sp³-hybridized carbons (Fsp3) is 0.294. The molecule has 0 bridgehead atoms. The van der Waals surface area contributed by atoms with E-state index in [1.165, 1.54) is 0 Å². The first-order valence-electron chi connectivity index (χ1n) is 7.87. The largest absolute Gasteiger partial charge is 0.321 e. The number of fused-ring (bicyclic) bond motifs is 2. The molecule has 0 fully saturated rings. The normalized spacial score (nSPS) is 18.2. The van der Waals surface area contributed by atoms with Crippen molar-refractivity contribution in [2.45, 2.75) is 32.2 Å². The van der Waals surface area contributed by atoms with E-state index in [9.17, 15) is 10.1 Å². The number of allylic oxidation sites excluding steroid dienone is 1. The summed E-state index contributed by atoms with van der Waals surface area (Å²) in [4.78, 5) is 12.5. The number of nitrogens with one attached hydrogen (secondary N) is 1. The van der Waals surface area contributed by atoms with Gasteiger partial charge in [0.1, 0.15) is 17.5 Å². The molecule has 24 heavy (non-hydrogen) atoms. The predicted octanol–water partition coefficient (Wildman–Crippen LogP) is 3.15. The van der Waals surface area contributed by atoms with Crippen LogP contribution in [-0.4, -0.2) is 20.7 Å². The standard InChI is InChI=1S/C17H14BrN5O/c18-10-5-6-13-11(8-10)15(17(24)20-13)12(9-19)16-22-21-14-4-2-1-3-7-23(14)16/h5-6,8H,1-4,7H2,(H,20,24). The number of rotatable bonds is 1. The number of carbonyl (C=O) groups is 1. The van der Waals surface area contributed by atoms with E-state index in [0.717, 1.165) is 48.1 Å². The van der Waals surface area contributed by atoms with Crippen LogP contribution in [0.1, 0.15) is 36.5 Å². The van der Waals surface area contributed by atoms with E-state index < -0.39 is 0 Å². The molecule has 1 aromatic heterocycles. The predicted molar refractivity (Wildman–Crippen MR) is 92.8 cm³/mol. The molecule has 2 aliphatic heterocycles. The molecule has 6 nitrogen and oxygen atoms in total. The minimum Gasteiger partial charge on any atom is -0.321 e. The number of hydrogen-bond acceptors (Lipinski definition) is 4. The Morgan fingerprint density at radius 2 is 2.17 bits per heavy atom. The molecule has 0 saturated carbocycles. The monoisotopic (exact) mass is 383 g/mol. The average molecular weight is 384 g/mol. The molecule has 0 radical (unpaired) electrons. The molecule has 4 rings (SSSR count). The number of amides is 1. The zero-order valence-electron chi connectivity index (χ0n) is 12.8. The molecule has 7 heteroatoms. The highest BCUT2D eigenvalue weighted by molar-refractivity contribution is 9.10. The molecule has 120 valence electrons. The van der Waals surface area contributed by atoms with Crippen LogP contribution in [0.5, 0.6) is 0 Å². The number of anilines is 1. The third-order valence-corrected chi connectivity index (χ3v) is 4.91. The van der Waals surface area contributed by atoms with Gasteiger partial charge in [0, 0.05) is 28.7 Å². The van der Waals surface area contributed by atoms with Gasteiger partial charge in [-0.3, -0.25) is 4.79 Å². The molecule has 3 heterocycles. The molecule has 1 amide bonds. The first-order chi connectivity index (χ1) is 11.7. The van der Waals surface area contributed by atoms with Gasteiger partial charge in [-0.15, -0.1) is 10.2 Å². The Hall–Kier alpha value is -2.46. The summed E-state index contributed by atoms with van der Waals surface area (Å²) in [6.45, 7) is 0.781. The van der Waals surface area contributed by atoms with Gasteiger partial charge in [0.15, 0.2) is 5.82 Å². The third kappa shape index (κ3) is 2.34. The number of nitriles is 1. The van der Waals surface area contributed by atoms with Gasteiger partial charge >= 0.3 is 0 Å². The van der Waals surface area contributed by atoms with E-state index in [-0.39, 0.29) is 11.5 Å². The number of halogens is 1. The fourth-order valence-corrected chi connectivity index (χ4v) is 3.64. The van der Waals surface area contributed by atoms with Gasteiger partial charge in [-0.25, -0.2) is 0 Å². The van der Waals surface area contributed by atoms with Crippen molar-refractivity contribution in [3.63, 3.8) is 0 Å². The maximum absolute atomic E-state index is 12.5. The van der Waals surface area contributed by atoms with Gasteiger partial charge in [0.2, 0.25) is 0 Å². The number of carbonyl (C=O) groups excluding carboxylic acids is 1. The summed E-state index contributed by atoms with van der Waals surface area (Å²) in [5.74, 6) is 1.11. The zero-order valence-corrected chi connectivity index (χ0v) is 14.4. The Bertz CT molecular complexity index is 922. The highest BCUT2D eigenvalue weighted by Gasteiger charge is 2.31. The lowest BCUT2D eigenvalue weighted by molar-refractivity contribution is -0.110. The number of benzene rings is 1. The van der Waals surface area contributed by atoms with E-state index in [4.69, 9.17) is 0 Å². The van der Waals surface area contributed by atoms with Crippen molar-refractivity contribution < 1.29 is 4.79 Å². The maximum Gasteiger partial charge on any atom is 0.257 e. The molecule has 0 unspecified atom stereocenters. The first kappa shape index (κ1) is 15.1. The van der Waals surface area contributed by atoms with Crippen molar-refractivity contribution in [1.29, 1.82) is 5.26 Å². The number of hydrogen-bond donors (Lipinski definition) is 1. The smallest absolute Gasteiger partial charge is 0.257 e. The van der Waals surface area contributed by atoms with Crippen LogP contribution in [-0.2, 0) is 17.8 Å². The van der Waals surface area contributed by atoms with Crippen molar-refractivity contribution >= 4 is 38.7 Å². The van der Waals surface area contributed by atoms with Crippen LogP contribution in [0.25, 0.3) is 11.1 Å². The Kier molecular flexibility index (Phi) is 3.69. The van der Waals surface area contributed by atoms with Crippen LogP contribution >= 0.6 is 15.9 Å². The quantitative estimate of drug-likeness (QED) is 0.605. The minimum absolute atomic E-state index is 0.273. The van der Waals surface area contributed by atoms with Crippen LogP contribution in [0.15, 0.2) is 22.7 Å². The Morgan fingerprint density at radius 1 is 1.29 bits per heavy atom. The van der Waals surface area contributed by atoms with Gasteiger partial charge in [-0.1, -0.05) is 22.4 Å². The zero-order chi connectivity index (χ0) is 16.7. The number of nitrogens with zero attached hydrogens (tertiary/aromatic N) is 4. The highest BCUT2D eigenvalue weighted by atomic mass is 79.9. The summed E-state index contributed by atoms with van der Waals surface area (Å²) in [6, 6.07) is 7.72. The van der Waals surface area contributed by atoms with E-state index in [0.29, 0.717) is 17.1 Å². The molecule has 0 atom stereocenters. The molecular weight excluding hydrogens is 370 g/mol. The second-order valence-electron chi connectivity index (χ2n) is 5.91. The topological polar surface area (TPSA) is 83.6 Å². The van der Waals surface area contributed by atoms with E-state index in [1.54, 1.807) is 0 Å². The second-order valence-corrected chi connectivity index (χ2v) is 6.82. The van der Waals surface area contributed by atoms with E-state index in [1.807, 2.05) is 22.8 Å². The van der Waals surface area contributed by atoms with Crippen molar-refractivity contribution in [2.24, 2.45) is 0 Å². The van der Waals surface area contributed by atoms with Crippen molar-refractivity contribution in [3.8, 4) is 6.07 Å². The lowest BCUT2D eigenvalue weighted by atomic mass is 10.0. The Labute approximate surface area is 147 Å². The van der Waals surface area contributed by atoms with Crippen LogP contribution in [0.2, 0.25) is 0 Å². The summed E-state index contributed by atoms with van der Waals surface area (Å²) < 4.78 is 2.84. The molecule has 2 aliphatic rings. The Balaban J connectivity index is 1.93. The fourth-order valence-electron chi connectivity index (χ4n) is 3.28. The van der Waals surface area contributed by atoms with Gasteiger partial charge in [0.25, 0.3) is 5.91 Å². The van der Waals surface area contributed by atoms with Crippen LogP contribution in [0.3, 0.4) is 0 Å². The summed E-state index contributed by atoms with van der Waals surface area (Å²) in [5.41, 5.74) is 2.08.